The molecule has 5 nitrogen and oxygen atoms in total. The summed E-state index contributed by atoms with van der Waals surface area (Å²) in [6.45, 7) is 3.29. The van der Waals surface area contributed by atoms with Gasteiger partial charge in [-0.15, -0.1) is 11.3 Å². The van der Waals surface area contributed by atoms with Crippen LogP contribution in [0.4, 0.5) is 0 Å². The summed E-state index contributed by atoms with van der Waals surface area (Å²) in [6, 6.07) is 18.0. The summed E-state index contributed by atoms with van der Waals surface area (Å²) in [5, 5.41) is 0.937. The highest BCUT2D eigenvalue weighted by atomic mass is 32.1. The number of carbonyl (C=O) groups is 2. The molecule has 1 saturated heterocycles. The second-order valence-corrected chi connectivity index (χ2v) is 8.81. The fourth-order valence-corrected chi connectivity index (χ4v) is 5.24. The van der Waals surface area contributed by atoms with Crippen molar-refractivity contribution in [3.63, 3.8) is 0 Å². The first-order valence-electron chi connectivity index (χ1n) is 9.91. The van der Waals surface area contributed by atoms with Crippen molar-refractivity contribution in [3.8, 4) is 0 Å². The number of fused-ring (bicyclic) bond motifs is 1. The maximum absolute atomic E-state index is 13.7. The zero-order valence-corrected chi connectivity index (χ0v) is 17.6. The Bertz CT molecular complexity index is 990. The topological polar surface area (TPSA) is 53.5 Å². The van der Waals surface area contributed by atoms with Crippen molar-refractivity contribution in [1.29, 1.82) is 0 Å². The molecule has 0 unspecified atom stereocenters. The number of piperidine rings is 1. The molecular formula is C23H25N3O2S. The van der Waals surface area contributed by atoms with Crippen LogP contribution in [-0.4, -0.2) is 46.7 Å². The molecule has 0 saturated carbocycles. The number of benzene rings is 2. The van der Waals surface area contributed by atoms with Crippen LogP contribution in [0.15, 0.2) is 54.6 Å². The molecule has 3 aromatic rings. The van der Waals surface area contributed by atoms with E-state index in [0.717, 1.165) is 20.8 Å². The van der Waals surface area contributed by atoms with Gasteiger partial charge in [0.15, 0.2) is 0 Å². The monoisotopic (exact) mass is 407 g/mol. The fraction of sp³-hybridized carbons (Fsp3) is 0.348. The van der Waals surface area contributed by atoms with Crippen LogP contribution in [0, 0.1) is 0 Å². The molecule has 1 aromatic heterocycles. The summed E-state index contributed by atoms with van der Waals surface area (Å²) >= 11 is 1.63. The van der Waals surface area contributed by atoms with E-state index in [4.69, 9.17) is 0 Å². The van der Waals surface area contributed by atoms with Gasteiger partial charge in [0.05, 0.1) is 22.2 Å². The van der Waals surface area contributed by atoms with Gasteiger partial charge in [-0.3, -0.25) is 9.59 Å². The van der Waals surface area contributed by atoms with Crippen molar-refractivity contribution in [1.82, 2.24) is 14.8 Å². The van der Waals surface area contributed by atoms with E-state index in [0.29, 0.717) is 32.5 Å². The van der Waals surface area contributed by atoms with E-state index >= 15 is 0 Å². The maximum Gasteiger partial charge on any atom is 0.233 e. The van der Waals surface area contributed by atoms with Crippen molar-refractivity contribution in [2.24, 2.45) is 0 Å². The van der Waals surface area contributed by atoms with Gasteiger partial charge in [0, 0.05) is 27.1 Å². The molecular weight excluding hydrogens is 382 g/mol. The number of nitrogens with zero attached hydrogens (tertiary/aromatic N) is 3. The third kappa shape index (κ3) is 3.77. The Morgan fingerprint density at radius 2 is 1.72 bits per heavy atom. The molecule has 0 spiro atoms. The van der Waals surface area contributed by atoms with Crippen molar-refractivity contribution in [3.05, 3.63) is 65.2 Å². The minimum absolute atomic E-state index is 0.0712. The Labute approximate surface area is 175 Å². The molecule has 6 heteroatoms. The average molecular weight is 408 g/mol. The summed E-state index contributed by atoms with van der Waals surface area (Å²) in [5.74, 6) is 0.174. The van der Waals surface area contributed by atoms with Crippen LogP contribution in [0.1, 0.15) is 30.3 Å². The van der Waals surface area contributed by atoms with Gasteiger partial charge < -0.3 is 9.80 Å². The molecule has 1 fully saturated rings. The van der Waals surface area contributed by atoms with E-state index in [2.05, 4.69) is 11.1 Å². The lowest BCUT2D eigenvalue weighted by Gasteiger charge is -2.42. The predicted octanol–water partition coefficient (Wildman–Crippen LogP) is 3.84. The van der Waals surface area contributed by atoms with Gasteiger partial charge in [-0.1, -0.05) is 42.5 Å². The number of hydrogen-bond acceptors (Lipinski definition) is 4. The van der Waals surface area contributed by atoms with E-state index in [-0.39, 0.29) is 11.8 Å². The lowest BCUT2D eigenvalue weighted by Crippen LogP contribution is -2.52. The number of likely N-dealkylation sites (tertiary alicyclic amines) is 1. The second kappa shape index (κ2) is 7.95. The number of para-hydroxylation sites is 1. The predicted molar refractivity (Wildman–Crippen MR) is 116 cm³/mol. The minimum atomic E-state index is -0.599. The molecule has 2 amide bonds. The van der Waals surface area contributed by atoms with Crippen molar-refractivity contribution >= 4 is 33.4 Å². The van der Waals surface area contributed by atoms with Gasteiger partial charge in [-0.25, -0.2) is 4.98 Å². The SMILES string of the molecule is CC(=O)N1CCC(C(=O)N(C)Cc2nc3ccccc3s2)(c2ccccc2)CC1. The van der Waals surface area contributed by atoms with Crippen LogP contribution in [0.3, 0.4) is 0 Å². The molecule has 0 bridgehead atoms. The van der Waals surface area contributed by atoms with Crippen molar-refractivity contribution < 1.29 is 9.59 Å². The van der Waals surface area contributed by atoms with E-state index in [1.807, 2.05) is 60.5 Å². The van der Waals surface area contributed by atoms with E-state index in [1.165, 1.54) is 0 Å². The normalized spacial score (nSPS) is 16.0. The highest BCUT2D eigenvalue weighted by Crippen LogP contribution is 2.38. The summed E-state index contributed by atoms with van der Waals surface area (Å²) < 4.78 is 1.14. The Kier molecular flexibility index (Phi) is 5.37. The molecule has 0 atom stereocenters. The van der Waals surface area contributed by atoms with Crippen molar-refractivity contribution in [2.75, 3.05) is 20.1 Å². The fourth-order valence-electron chi connectivity index (χ4n) is 4.21. The first kappa shape index (κ1) is 19.6. The molecule has 4 rings (SSSR count). The first-order chi connectivity index (χ1) is 14.0. The Morgan fingerprint density at radius 3 is 2.38 bits per heavy atom. The number of likely N-dealkylation sites (N-methyl/N-ethyl adjacent to an activating group) is 1. The Balaban J connectivity index is 1.60. The highest BCUT2D eigenvalue weighted by Gasteiger charge is 2.44. The Morgan fingerprint density at radius 1 is 1.07 bits per heavy atom. The van der Waals surface area contributed by atoms with Crippen LogP contribution < -0.4 is 0 Å². The molecule has 2 aromatic carbocycles. The van der Waals surface area contributed by atoms with Gasteiger partial charge in [0.25, 0.3) is 0 Å². The number of carbonyl (C=O) groups excluding carboxylic acids is 2. The number of rotatable bonds is 4. The van der Waals surface area contributed by atoms with E-state index < -0.39 is 5.41 Å². The quantitative estimate of drug-likeness (QED) is 0.660. The van der Waals surface area contributed by atoms with Gasteiger partial charge in [-0.2, -0.15) is 0 Å². The summed E-state index contributed by atoms with van der Waals surface area (Å²) in [6.07, 6.45) is 1.28. The number of aromatic nitrogens is 1. The number of amides is 2. The van der Waals surface area contributed by atoms with Gasteiger partial charge in [0.1, 0.15) is 5.01 Å². The molecule has 1 aliphatic heterocycles. The zero-order chi connectivity index (χ0) is 20.4. The summed E-state index contributed by atoms with van der Waals surface area (Å²) in [7, 11) is 1.86. The highest BCUT2D eigenvalue weighted by molar-refractivity contribution is 7.18. The van der Waals surface area contributed by atoms with E-state index in [9.17, 15) is 9.59 Å². The second-order valence-electron chi connectivity index (χ2n) is 7.69. The summed E-state index contributed by atoms with van der Waals surface area (Å²) in [5.41, 5.74) is 1.41. The molecule has 0 N–H and O–H groups in total. The molecule has 0 radical (unpaired) electrons. The number of thiazole rings is 1. The lowest BCUT2D eigenvalue weighted by molar-refractivity contribution is -0.141. The average Bonchev–Trinajstić information content (AvgIpc) is 3.16. The van der Waals surface area contributed by atoms with Crippen molar-refractivity contribution in [2.45, 2.75) is 31.7 Å². The number of hydrogen-bond donors (Lipinski definition) is 0. The standard InChI is InChI=1S/C23H25N3O2S/c1-17(27)26-14-12-23(13-15-26,18-8-4-3-5-9-18)22(28)25(2)16-21-24-19-10-6-7-11-20(19)29-21/h3-11H,12-16H2,1-2H3. The van der Waals surface area contributed by atoms with Gasteiger partial charge >= 0.3 is 0 Å². The van der Waals surface area contributed by atoms with Crippen LogP contribution in [0.25, 0.3) is 10.2 Å². The molecule has 2 heterocycles. The molecule has 1 aliphatic rings. The first-order valence-corrected chi connectivity index (χ1v) is 10.7. The van der Waals surface area contributed by atoms with Crippen LogP contribution in [0.5, 0.6) is 0 Å². The van der Waals surface area contributed by atoms with Gasteiger partial charge in [-0.05, 0) is 30.5 Å². The zero-order valence-electron chi connectivity index (χ0n) is 16.8. The van der Waals surface area contributed by atoms with E-state index in [1.54, 1.807) is 23.2 Å². The largest absolute Gasteiger partial charge is 0.343 e. The Hall–Kier alpha value is -2.73. The van der Waals surface area contributed by atoms with Crippen LogP contribution >= 0.6 is 11.3 Å². The summed E-state index contributed by atoms with van der Waals surface area (Å²) in [4.78, 5) is 33.8. The minimum Gasteiger partial charge on any atom is -0.343 e. The molecule has 0 aliphatic carbocycles. The lowest BCUT2D eigenvalue weighted by atomic mass is 9.71. The van der Waals surface area contributed by atoms with Crippen LogP contribution in [0.2, 0.25) is 0 Å². The molecule has 29 heavy (non-hydrogen) atoms. The molecule has 150 valence electrons. The third-order valence-corrected chi connectivity index (χ3v) is 6.88. The van der Waals surface area contributed by atoms with Gasteiger partial charge in [0.2, 0.25) is 11.8 Å². The smallest absolute Gasteiger partial charge is 0.233 e. The third-order valence-electron chi connectivity index (χ3n) is 5.86. The maximum atomic E-state index is 13.7. The van der Waals surface area contributed by atoms with Crippen LogP contribution in [-0.2, 0) is 21.5 Å².